The highest BCUT2D eigenvalue weighted by molar-refractivity contribution is 14.0. The highest BCUT2D eigenvalue weighted by Crippen LogP contribution is 2.16. The van der Waals surface area contributed by atoms with E-state index in [0.29, 0.717) is 38.2 Å². The number of aliphatic imine (C=N–C) groups is 1. The summed E-state index contributed by atoms with van der Waals surface area (Å²) in [6, 6.07) is 0. The minimum absolute atomic E-state index is 0. The molecule has 0 amide bonds. The van der Waals surface area contributed by atoms with Crippen molar-refractivity contribution in [3.8, 4) is 0 Å². The summed E-state index contributed by atoms with van der Waals surface area (Å²) in [7, 11) is 1.70. The van der Waals surface area contributed by atoms with Gasteiger partial charge in [0.2, 0.25) is 0 Å². The summed E-state index contributed by atoms with van der Waals surface area (Å²) < 4.78 is 16.3. The fourth-order valence-electron chi connectivity index (χ4n) is 2.62. The Morgan fingerprint density at radius 2 is 2.00 bits per heavy atom. The van der Waals surface area contributed by atoms with E-state index in [2.05, 4.69) is 31.0 Å². The maximum absolute atomic E-state index is 5.66. The molecule has 150 valence electrons. The molecule has 0 aromatic heterocycles. The number of likely N-dealkylation sites (tertiary alicyclic amines) is 1. The summed E-state index contributed by atoms with van der Waals surface area (Å²) in [6.45, 7) is 13.9. The number of rotatable bonds is 12. The summed E-state index contributed by atoms with van der Waals surface area (Å²) >= 11 is 0. The van der Waals surface area contributed by atoms with Gasteiger partial charge in [-0.25, -0.2) is 0 Å². The summed E-state index contributed by atoms with van der Waals surface area (Å²) in [4.78, 5) is 7.04. The Morgan fingerprint density at radius 1 is 1.20 bits per heavy atom. The van der Waals surface area contributed by atoms with Gasteiger partial charge >= 0.3 is 0 Å². The second kappa shape index (κ2) is 16.1. The minimum Gasteiger partial charge on any atom is -0.382 e. The SMILES string of the molecule is CCNC(=NCCOCCC(C)C)N1CCC(COCCOC)C1.I. The number of hydrogen-bond acceptors (Lipinski definition) is 4. The van der Waals surface area contributed by atoms with Gasteiger partial charge in [-0.15, -0.1) is 24.0 Å². The third-order valence-corrected chi connectivity index (χ3v) is 4.04. The maximum Gasteiger partial charge on any atom is 0.194 e. The molecule has 1 unspecified atom stereocenters. The number of methoxy groups -OCH3 is 1. The van der Waals surface area contributed by atoms with E-state index in [-0.39, 0.29) is 24.0 Å². The van der Waals surface area contributed by atoms with Crippen molar-refractivity contribution in [2.24, 2.45) is 16.8 Å². The van der Waals surface area contributed by atoms with Crippen molar-refractivity contribution < 1.29 is 14.2 Å². The smallest absolute Gasteiger partial charge is 0.194 e. The van der Waals surface area contributed by atoms with Gasteiger partial charge in [0, 0.05) is 39.3 Å². The van der Waals surface area contributed by atoms with Crippen LogP contribution in [0.2, 0.25) is 0 Å². The molecule has 0 spiro atoms. The number of hydrogen-bond donors (Lipinski definition) is 1. The van der Waals surface area contributed by atoms with Crippen molar-refractivity contribution >= 4 is 29.9 Å². The molecule has 0 aliphatic carbocycles. The van der Waals surface area contributed by atoms with Crippen molar-refractivity contribution in [3.63, 3.8) is 0 Å². The van der Waals surface area contributed by atoms with Crippen molar-refractivity contribution in [1.29, 1.82) is 0 Å². The molecule has 1 heterocycles. The number of nitrogens with zero attached hydrogens (tertiary/aromatic N) is 2. The highest BCUT2D eigenvalue weighted by atomic mass is 127. The summed E-state index contributed by atoms with van der Waals surface area (Å²) in [5.41, 5.74) is 0. The van der Waals surface area contributed by atoms with Crippen molar-refractivity contribution in [2.45, 2.75) is 33.6 Å². The molecule has 0 radical (unpaired) electrons. The van der Waals surface area contributed by atoms with Crippen LogP contribution in [0.1, 0.15) is 33.6 Å². The molecular formula is C18H38IN3O3. The van der Waals surface area contributed by atoms with Gasteiger partial charge in [0.05, 0.1) is 33.0 Å². The van der Waals surface area contributed by atoms with Gasteiger partial charge in [0.1, 0.15) is 0 Å². The van der Waals surface area contributed by atoms with Gasteiger partial charge in [0.15, 0.2) is 5.96 Å². The van der Waals surface area contributed by atoms with Crippen LogP contribution in [-0.4, -0.2) is 77.2 Å². The van der Waals surface area contributed by atoms with Crippen LogP contribution in [-0.2, 0) is 14.2 Å². The molecule has 1 N–H and O–H groups in total. The first-order valence-electron chi connectivity index (χ1n) is 9.35. The maximum atomic E-state index is 5.66. The van der Waals surface area contributed by atoms with Gasteiger partial charge in [-0.1, -0.05) is 13.8 Å². The molecular weight excluding hydrogens is 433 g/mol. The molecule has 1 aliphatic rings. The van der Waals surface area contributed by atoms with Crippen LogP contribution in [0.3, 0.4) is 0 Å². The Balaban J connectivity index is 0.00000576. The molecule has 25 heavy (non-hydrogen) atoms. The lowest BCUT2D eigenvalue weighted by Gasteiger charge is -2.21. The lowest BCUT2D eigenvalue weighted by atomic mass is 10.1. The highest BCUT2D eigenvalue weighted by Gasteiger charge is 2.24. The number of halogens is 1. The Morgan fingerprint density at radius 3 is 2.68 bits per heavy atom. The van der Waals surface area contributed by atoms with Crippen LogP contribution in [0.5, 0.6) is 0 Å². The minimum atomic E-state index is 0. The zero-order valence-electron chi connectivity index (χ0n) is 16.5. The quantitative estimate of drug-likeness (QED) is 0.205. The monoisotopic (exact) mass is 471 g/mol. The van der Waals surface area contributed by atoms with E-state index in [4.69, 9.17) is 19.2 Å². The standard InChI is InChI=1S/C18H37N3O3.HI/c1-5-19-18(20-8-11-23-10-7-16(2)3)21-9-6-17(14-21)15-24-13-12-22-4;/h16-17H,5-15H2,1-4H3,(H,19,20);1H. The van der Waals surface area contributed by atoms with Crippen LogP contribution >= 0.6 is 24.0 Å². The van der Waals surface area contributed by atoms with E-state index in [1.54, 1.807) is 7.11 Å². The topological polar surface area (TPSA) is 55.3 Å². The van der Waals surface area contributed by atoms with E-state index in [9.17, 15) is 0 Å². The molecule has 1 atom stereocenters. The zero-order chi connectivity index (χ0) is 17.6. The molecule has 0 bridgehead atoms. The first-order chi connectivity index (χ1) is 11.7. The first kappa shape index (κ1) is 24.9. The van der Waals surface area contributed by atoms with Gasteiger partial charge in [-0.2, -0.15) is 0 Å². The fourth-order valence-corrected chi connectivity index (χ4v) is 2.62. The Kier molecular flexibility index (Phi) is 16.0. The Hall–Kier alpha value is -0.120. The molecule has 1 saturated heterocycles. The van der Waals surface area contributed by atoms with Gasteiger partial charge in [-0.05, 0) is 25.7 Å². The lowest BCUT2D eigenvalue weighted by molar-refractivity contribution is 0.0536. The lowest BCUT2D eigenvalue weighted by Crippen LogP contribution is -2.40. The van der Waals surface area contributed by atoms with E-state index >= 15 is 0 Å². The average Bonchev–Trinajstić information content (AvgIpc) is 3.02. The molecule has 0 saturated carbocycles. The van der Waals surface area contributed by atoms with Crippen LogP contribution < -0.4 is 5.32 Å². The number of ether oxygens (including phenoxy) is 3. The van der Waals surface area contributed by atoms with Crippen LogP contribution in [0.4, 0.5) is 0 Å². The molecule has 1 aliphatic heterocycles. The molecule has 0 aromatic rings. The molecule has 6 nitrogen and oxygen atoms in total. The molecule has 1 rings (SSSR count). The van der Waals surface area contributed by atoms with E-state index in [1.165, 1.54) is 0 Å². The molecule has 1 fully saturated rings. The molecule has 0 aromatic carbocycles. The van der Waals surface area contributed by atoms with Crippen molar-refractivity contribution in [1.82, 2.24) is 10.2 Å². The first-order valence-corrected chi connectivity index (χ1v) is 9.35. The van der Waals surface area contributed by atoms with Crippen LogP contribution in [0, 0.1) is 11.8 Å². The molecule has 7 heteroatoms. The van der Waals surface area contributed by atoms with Gasteiger partial charge in [-0.3, -0.25) is 4.99 Å². The second-order valence-electron chi connectivity index (χ2n) is 6.70. The third kappa shape index (κ3) is 12.0. The van der Waals surface area contributed by atoms with E-state index in [0.717, 1.165) is 51.6 Å². The largest absolute Gasteiger partial charge is 0.382 e. The summed E-state index contributed by atoms with van der Waals surface area (Å²) in [6.07, 6.45) is 2.27. The van der Waals surface area contributed by atoms with Crippen LogP contribution in [0.15, 0.2) is 4.99 Å². The summed E-state index contributed by atoms with van der Waals surface area (Å²) in [5.74, 6) is 2.27. The second-order valence-corrected chi connectivity index (χ2v) is 6.70. The number of nitrogens with one attached hydrogen (secondary N) is 1. The Labute approximate surface area is 171 Å². The average molecular weight is 471 g/mol. The van der Waals surface area contributed by atoms with Crippen molar-refractivity contribution in [3.05, 3.63) is 0 Å². The van der Waals surface area contributed by atoms with Crippen LogP contribution in [0.25, 0.3) is 0 Å². The predicted octanol–water partition coefficient (Wildman–Crippen LogP) is 2.62. The van der Waals surface area contributed by atoms with Gasteiger partial charge < -0.3 is 24.4 Å². The normalized spacial score (nSPS) is 17.9. The van der Waals surface area contributed by atoms with E-state index < -0.39 is 0 Å². The fraction of sp³-hybridized carbons (Fsp3) is 0.944. The van der Waals surface area contributed by atoms with Crippen molar-refractivity contribution in [2.75, 3.05) is 66.3 Å². The van der Waals surface area contributed by atoms with Gasteiger partial charge in [0.25, 0.3) is 0 Å². The van der Waals surface area contributed by atoms with E-state index in [1.807, 2.05) is 0 Å². The predicted molar refractivity (Wildman–Crippen MR) is 114 cm³/mol. The third-order valence-electron chi connectivity index (χ3n) is 4.04. The number of guanidine groups is 1. The zero-order valence-corrected chi connectivity index (χ0v) is 18.8. The summed E-state index contributed by atoms with van der Waals surface area (Å²) in [5, 5.41) is 3.39. The Bertz CT molecular complexity index is 344.